The molecule has 2 fully saturated rings. The van der Waals surface area contributed by atoms with Crippen LogP contribution in [0.25, 0.3) is 0 Å². The fourth-order valence-electron chi connectivity index (χ4n) is 8.04. The number of aliphatic hydroxyl groups is 8. The van der Waals surface area contributed by atoms with Crippen LogP contribution < -0.4 is 5.32 Å². The van der Waals surface area contributed by atoms with E-state index in [1.165, 1.54) is 135 Å². The summed E-state index contributed by atoms with van der Waals surface area (Å²) in [5, 5.41) is 85.6. The lowest BCUT2D eigenvalue weighted by Gasteiger charge is -2.46. The van der Waals surface area contributed by atoms with Crippen molar-refractivity contribution >= 4 is 5.91 Å². The van der Waals surface area contributed by atoms with Crippen molar-refractivity contribution < 1.29 is 64.6 Å². The average Bonchev–Trinajstić information content (AvgIpc) is 3.24. The molecule has 60 heavy (non-hydrogen) atoms. The van der Waals surface area contributed by atoms with E-state index < -0.39 is 86.8 Å². The van der Waals surface area contributed by atoms with Crippen molar-refractivity contribution in [1.29, 1.82) is 0 Å². The summed E-state index contributed by atoms with van der Waals surface area (Å²) in [4.78, 5) is 12.5. The van der Waals surface area contributed by atoms with Crippen molar-refractivity contribution in [2.75, 3.05) is 19.8 Å². The molecule has 0 aliphatic carbocycles. The molecule has 2 saturated heterocycles. The maximum absolute atomic E-state index is 12.5. The molecule has 14 nitrogen and oxygen atoms in total. The first kappa shape index (κ1) is 54.9. The van der Waals surface area contributed by atoms with Crippen LogP contribution in [0.4, 0.5) is 0 Å². The number of carbonyl (C=O) groups is 1. The van der Waals surface area contributed by atoms with Crippen LogP contribution in [-0.2, 0) is 23.7 Å². The Hall–Kier alpha value is -1.27. The Bertz CT molecular complexity index is 1070. The van der Waals surface area contributed by atoms with Gasteiger partial charge in [0.05, 0.1) is 32.0 Å². The molecule has 12 atom stereocenters. The molecule has 0 radical (unpaired) electrons. The highest BCUT2D eigenvalue weighted by molar-refractivity contribution is 5.76. The SMILES string of the molecule is CCCCCCCCCCCCCCCCCCCCCCCCC/C=C/C(O)C(COC1OC(CO)C(OC2OC(CO)C(O)C(O)C2O)C(O)C1O)NC(=O)CCC. The monoisotopic (exact) mass is 862 g/mol. The minimum atomic E-state index is -1.78. The molecular weight excluding hydrogens is 775 g/mol. The highest BCUT2D eigenvalue weighted by atomic mass is 16.7. The van der Waals surface area contributed by atoms with E-state index in [1.54, 1.807) is 6.08 Å². The van der Waals surface area contributed by atoms with Gasteiger partial charge in [0.1, 0.15) is 48.8 Å². The fourth-order valence-corrected chi connectivity index (χ4v) is 8.04. The third-order valence-corrected chi connectivity index (χ3v) is 11.9. The van der Waals surface area contributed by atoms with Gasteiger partial charge in [0.25, 0.3) is 0 Å². The number of carbonyl (C=O) groups excluding carboxylic acids is 1. The molecule has 0 aromatic heterocycles. The highest BCUT2D eigenvalue weighted by Crippen LogP contribution is 2.30. The topological polar surface area (TPSA) is 228 Å². The molecule has 9 N–H and O–H groups in total. The van der Waals surface area contributed by atoms with E-state index in [1.807, 2.05) is 13.0 Å². The Balaban J connectivity index is 1.61. The van der Waals surface area contributed by atoms with Crippen molar-refractivity contribution in [2.24, 2.45) is 0 Å². The summed E-state index contributed by atoms with van der Waals surface area (Å²) in [6, 6.07) is -0.904. The summed E-state index contributed by atoms with van der Waals surface area (Å²) in [6.45, 7) is 2.42. The van der Waals surface area contributed by atoms with Gasteiger partial charge in [0.2, 0.25) is 5.91 Å². The predicted molar refractivity (Wildman–Crippen MR) is 231 cm³/mol. The van der Waals surface area contributed by atoms with Crippen LogP contribution in [0.3, 0.4) is 0 Å². The average molecular weight is 862 g/mol. The number of aliphatic hydroxyl groups excluding tert-OH is 8. The molecular formula is C46H87NO13. The van der Waals surface area contributed by atoms with Crippen LogP contribution in [-0.4, -0.2) is 140 Å². The second kappa shape index (κ2) is 34.2. The highest BCUT2D eigenvalue weighted by Gasteiger charge is 2.50. The van der Waals surface area contributed by atoms with Gasteiger partial charge in [-0.05, 0) is 19.3 Å². The number of unbranched alkanes of at least 4 members (excludes halogenated alkanes) is 23. The molecule has 354 valence electrons. The summed E-state index contributed by atoms with van der Waals surface area (Å²) >= 11 is 0. The van der Waals surface area contributed by atoms with Crippen molar-refractivity contribution in [3.63, 3.8) is 0 Å². The smallest absolute Gasteiger partial charge is 0.220 e. The van der Waals surface area contributed by atoms with E-state index in [9.17, 15) is 45.6 Å². The third kappa shape index (κ3) is 21.9. The predicted octanol–water partition coefficient (Wildman–Crippen LogP) is 5.21. The van der Waals surface area contributed by atoms with Crippen molar-refractivity contribution in [1.82, 2.24) is 5.32 Å². The summed E-state index contributed by atoms with van der Waals surface area (Å²) in [5.74, 6) is -0.292. The van der Waals surface area contributed by atoms with Gasteiger partial charge in [-0.15, -0.1) is 0 Å². The third-order valence-electron chi connectivity index (χ3n) is 11.9. The molecule has 0 aromatic carbocycles. The Morgan fingerprint density at radius 2 is 1.03 bits per heavy atom. The van der Waals surface area contributed by atoms with E-state index in [-0.39, 0.29) is 18.9 Å². The number of rotatable bonds is 36. The molecule has 2 aliphatic heterocycles. The van der Waals surface area contributed by atoms with Gasteiger partial charge in [0, 0.05) is 6.42 Å². The van der Waals surface area contributed by atoms with Crippen molar-refractivity contribution in [2.45, 2.75) is 254 Å². The maximum Gasteiger partial charge on any atom is 0.220 e. The Kier molecular flexibility index (Phi) is 31.3. The molecule has 2 aliphatic rings. The Morgan fingerprint density at radius 1 is 0.583 bits per heavy atom. The second-order valence-corrected chi connectivity index (χ2v) is 17.2. The van der Waals surface area contributed by atoms with E-state index in [4.69, 9.17) is 18.9 Å². The Morgan fingerprint density at radius 3 is 1.50 bits per heavy atom. The van der Waals surface area contributed by atoms with E-state index in [0.717, 1.165) is 19.3 Å². The van der Waals surface area contributed by atoms with Crippen LogP contribution >= 0.6 is 0 Å². The summed E-state index contributed by atoms with van der Waals surface area (Å²) in [7, 11) is 0. The minimum Gasteiger partial charge on any atom is -0.394 e. The first-order valence-corrected chi connectivity index (χ1v) is 23.9. The minimum absolute atomic E-state index is 0.233. The van der Waals surface area contributed by atoms with Gasteiger partial charge in [-0.2, -0.15) is 0 Å². The number of hydrogen-bond donors (Lipinski definition) is 9. The number of allylic oxidation sites excluding steroid dienone is 1. The first-order chi connectivity index (χ1) is 29.1. The van der Waals surface area contributed by atoms with Gasteiger partial charge in [-0.25, -0.2) is 0 Å². The molecule has 0 bridgehead atoms. The molecule has 2 rings (SSSR count). The normalized spacial score (nSPS) is 28.3. The number of ether oxygens (including phenoxy) is 4. The molecule has 14 heteroatoms. The van der Waals surface area contributed by atoms with Crippen LogP contribution in [0.5, 0.6) is 0 Å². The van der Waals surface area contributed by atoms with Gasteiger partial charge in [-0.3, -0.25) is 4.79 Å². The standard InChI is InChI=1S/C46H87NO13/c1-3-5-6-7-8-9-10-11-12-13-14-15-16-17-18-19-20-21-22-23-24-25-26-27-28-30-35(50)34(47-38(51)29-4-2)33-57-45-43(56)41(54)44(37(32-49)59-45)60-46-42(55)40(53)39(52)36(31-48)58-46/h28,30,34-37,39-46,48-50,52-56H,3-27,29,31-33H2,1-2H3,(H,47,51)/b30-28+. The van der Waals surface area contributed by atoms with Gasteiger partial charge in [-0.1, -0.05) is 167 Å². The largest absolute Gasteiger partial charge is 0.394 e. The number of hydrogen-bond acceptors (Lipinski definition) is 13. The maximum atomic E-state index is 12.5. The zero-order valence-electron chi connectivity index (χ0n) is 37.2. The zero-order chi connectivity index (χ0) is 44.0. The van der Waals surface area contributed by atoms with Gasteiger partial charge < -0.3 is 65.1 Å². The van der Waals surface area contributed by atoms with Crippen molar-refractivity contribution in [3.05, 3.63) is 12.2 Å². The van der Waals surface area contributed by atoms with E-state index in [0.29, 0.717) is 6.42 Å². The van der Waals surface area contributed by atoms with Gasteiger partial charge in [0.15, 0.2) is 12.6 Å². The lowest BCUT2D eigenvalue weighted by atomic mass is 9.97. The van der Waals surface area contributed by atoms with Crippen molar-refractivity contribution in [3.8, 4) is 0 Å². The van der Waals surface area contributed by atoms with Crippen LogP contribution in [0, 0.1) is 0 Å². The quantitative estimate of drug-likeness (QED) is 0.0292. The molecule has 0 saturated carbocycles. The Labute approximate surface area is 361 Å². The van der Waals surface area contributed by atoms with Gasteiger partial charge >= 0.3 is 0 Å². The molecule has 2 heterocycles. The summed E-state index contributed by atoms with van der Waals surface area (Å²) in [5.41, 5.74) is 0. The molecule has 0 aromatic rings. The summed E-state index contributed by atoms with van der Waals surface area (Å²) < 4.78 is 22.4. The number of amides is 1. The zero-order valence-corrected chi connectivity index (χ0v) is 37.2. The van der Waals surface area contributed by atoms with Crippen LogP contribution in [0.1, 0.15) is 181 Å². The number of nitrogens with one attached hydrogen (secondary N) is 1. The molecule has 12 unspecified atom stereocenters. The van der Waals surface area contributed by atoms with E-state index >= 15 is 0 Å². The molecule has 0 spiro atoms. The van der Waals surface area contributed by atoms with Crippen LogP contribution in [0.15, 0.2) is 12.2 Å². The first-order valence-electron chi connectivity index (χ1n) is 23.9. The van der Waals surface area contributed by atoms with Crippen LogP contribution in [0.2, 0.25) is 0 Å². The van der Waals surface area contributed by atoms with E-state index in [2.05, 4.69) is 12.2 Å². The fraction of sp³-hybridized carbons (Fsp3) is 0.935. The lowest BCUT2D eigenvalue weighted by molar-refractivity contribution is -0.359. The summed E-state index contributed by atoms with van der Waals surface area (Å²) in [6.07, 6.45) is 19.0. The second-order valence-electron chi connectivity index (χ2n) is 17.2. The molecule has 1 amide bonds. The lowest BCUT2D eigenvalue weighted by Crippen LogP contribution is -2.65.